The van der Waals surface area contributed by atoms with E-state index in [1.165, 1.54) is 18.4 Å². The van der Waals surface area contributed by atoms with E-state index >= 15 is 0 Å². The predicted molar refractivity (Wildman–Crippen MR) is 81.7 cm³/mol. The molecule has 0 atom stereocenters. The van der Waals surface area contributed by atoms with Gasteiger partial charge in [-0.2, -0.15) is 0 Å². The lowest BCUT2D eigenvalue weighted by molar-refractivity contribution is -0.123. The van der Waals surface area contributed by atoms with Gasteiger partial charge in [0.2, 0.25) is 0 Å². The SMILES string of the molecule is CCCNC(=O)COc1ccc2oc3c(c2c1)CCCC3. The summed E-state index contributed by atoms with van der Waals surface area (Å²) in [5, 5.41) is 3.94. The van der Waals surface area contributed by atoms with Gasteiger partial charge in [-0.1, -0.05) is 6.92 Å². The minimum absolute atomic E-state index is 0.0611. The molecule has 0 spiro atoms. The van der Waals surface area contributed by atoms with E-state index in [9.17, 15) is 4.79 Å². The Hall–Kier alpha value is -1.97. The van der Waals surface area contributed by atoms with Crippen molar-refractivity contribution in [2.75, 3.05) is 13.2 Å². The van der Waals surface area contributed by atoms with E-state index < -0.39 is 0 Å². The van der Waals surface area contributed by atoms with Crippen LogP contribution in [0.25, 0.3) is 11.0 Å². The Balaban J connectivity index is 1.73. The lowest BCUT2D eigenvalue weighted by atomic mass is 9.96. The Labute approximate surface area is 124 Å². The second kappa shape index (κ2) is 6.20. The number of nitrogens with one attached hydrogen (secondary N) is 1. The summed E-state index contributed by atoms with van der Waals surface area (Å²) in [4.78, 5) is 11.6. The molecule has 0 fully saturated rings. The van der Waals surface area contributed by atoms with Crippen LogP contribution in [0.5, 0.6) is 5.75 Å². The number of carbonyl (C=O) groups is 1. The number of benzene rings is 1. The standard InChI is InChI=1S/C17H21NO3/c1-2-9-18-17(19)11-20-12-7-8-16-14(10-12)13-5-3-4-6-15(13)21-16/h7-8,10H,2-6,9,11H2,1H3,(H,18,19). The first kappa shape index (κ1) is 14.0. The van der Waals surface area contributed by atoms with Gasteiger partial charge in [-0.15, -0.1) is 0 Å². The van der Waals surface area contributed by atoms with Crippen LogP contribution in [0, 0.1) is 0 Å². The van der Waals surface area contributed by atoms with Crippen molar-refractivity contribution in [3.8, 4) is 5.75 Å². The van der Waals surface area contributed by atoms with Gasteiger partial charge in [-0.3, -0.25) is 4.79 Å². The average Bonchev–Trinajstić information content (AvgIpc) is 2.89. The van der Waals surface area contributed by atoms with Gasteiger partial charge < -0.3 is 14.5 Å². The molecule has 0 saturated heterocycles. The Morgan fingerprint density at radius 3 is 3.05 bits per heavy atom. The number of furan rings is 1. The number of rotatable bonds is 5. The van der Waals surface area contributed by atoms with Crippen LogP contribution in [0.1, 0.15) is 37.5 Å². The highest BCUT2D eigenvalue weighted by atomic mass is 16.5. The summed E-state index contributed by atoms with van der Waals surface area (Å²) in [6.07, 6.45) is 5.45. The average molecular weight is 287 g/mol. The van der Waals surface area contributed by atoms with E-state index in [1.807, 2.05) is 25.1 Å². The van der Waals surface area contributed by atoms with Crippen molar-refractivity contribution >= 4 is 16.9 Å². The van der Waals surface area contributed by atoms with Gasteiger partial charge in [0.05, 0.1) is 0 Å². The van der Waals surface area contributed by atoms with Crippen molar-refractivity contribution in [2.24, 2.45) is 0 Å². The fourth-order valence-electron chi connectivity index (χ4n) is 2.80. The summed E-state index contributed by atoms with van der Waals surface area (Å²) < 4.78 is 11.5. The molecule has 4 heteroatoms. The normalized spacial score (nSPS) is 14.0. The molecule has 1 aromatic heterocycles. The van der Waals surface area contributed by atoms with Crippen molar-refractivity contribution in [1.29, 1.82) is 0 Å². The van der Waals surface area contributed by atoms with Gasteiger partial charge in [-0.25, -0.2) is 0 Å². The third kappa shape index (κ3) is 3.04. The monoisotopic (exact) mass is 287 g/mol. The van der Waals surface area contributed by atoms with Gasteiger partial charge in [-0.05, 0) is 43.9 Å². The van der Waals surface area contributed by atoms with E-state index in [2.05, 4.69) is 5.32 Å². The van der Waals surface area contributed by atoms with E-state index in [4.69, 9.17) is 9.15 Å². The van der Waals surface area contributed by atoms with Crippen LogP contribution in [-0.2, 0) is 17.6 Å². The first-order chi connectivity index (χ1) is 10.3. The van der Waals surface area contributed by atoms with Crippen molar-refractivity contribution < 1.29 is 13.9 Å². The molecular weight excluding hydrogens is 266 g/mol. The van der Waals surface area contributed by atoms with Gasteiger partial charge in [0, 0.05) is 23.9 Å². The van der Waals surface area contributed by atoms with E-state index in [0.29, 0.717) is 6.54 Å². The van der Waals surface area contributed by atoms with Crippen LogP contribution in [0.3, 0.4) is 0 Å². The molecule has 4 nitrogen and oxygen atoms in total. The smallest absolute Gasteiger partial charge is 0.257 e. The lowest BCUT2D eigenvalue weighted by Gasteiger charge is -2.09. The maximum Gasteiger partial charge on any atom is 0.257 e. The predicted octanol–water partition coefficient (Wildman–Crippen LogP) is 3.22. The highest BCUT2D eigenvalue weighted by Gasteiger charge is 2.18. The van der Waals surface area contributed by atoms with Crippen molar-refractivity contribution in [3.63, 3.8) is 0 Å². The Morgan fingerprint density at radius 1 is 1.33 bits per heavy atom. The number of fused-ring (bicyclic) bond motifs is 3. The molecule has 1 aromatic carbocycles. The molecule has 0 radical (unpaired) electrons. The molecule has 1 heterocycles. The number of hydrogen-bond donors (Lipinski definition) is 1. The molecule has 1 N–H and O–H groups in total. The molecule has 0 saturated carbocycles. The summed E-state index contributed by atoms with van der Waals surface area (Å²) in [5.74, 6) is 1.77. The largest absolute Gasteiger partial charge is 0.484 e. The fourth-order valence-corrected chi connectivity index (χ4v) is 2.80. The molecule has 1 amide bonds. The molecular formula is C17H21NO3. The molecule has 0 unspecified atom stereocenters. The van der Waals surface area contributed by atoms with Crippen LogP contribution >= 0.6 is 0 Å². The zero-order valence-corrected chi connectivity index (χ0v) is 12.4. The minimum Gasteiger partial charge on any atom is -0.484 e. The molecule has 3 rings (SSSR count). The molecule has 0 aliphatic heterocycles. The van der Waals surface area contributed by atoms with Crippen LogP contribution in [0.2, 0.25) is 0 Å². The fraction of sp³-hybridized carbons (Fsp3) is 0.471. The Morgan fingerprint density at radius 2 is 2.19 bits per heavy atom. The van der Waals surface area contributed by atoms with Crippen molar-refractivity contribution in [3.05, 3.63) is 29.5 Å². The molecule has 112 valence electrons. The molecule has 0 bridgehead atoms. The van der Waals surface area contributed by atoms with E-state index in [-0.39, 0.29) is 12.5 Å². The summed E-state index contributed by atoms with van der Waals surface area (Å²) in [5.41, 5.74) is 2.24. The van der Waals surface area contributed by atoms with Crippen LogP contribution in [-0.4, -0.2) is 19.1 Å². The highest BCUT2D eigenvalue weighted by molar-refractivity contribution is 5.84. The Bertz CT molecular complexity index is 645. The summed E-state index contributed by atoms with van der Waals surface area (Å²) >= 11 is 0. The highest BCUT2D eigenvalue weighted by Crippen LogP contribution is 2.33. The molecule has 1 aliphatic rings. The second-order valence-corrected chi connectivity index (χ2v) is 5.51. The van der Waals surface area contributed by atoms with Gasteiger partial charge in [0.25, 0.3) is 5.91 Å². The van der Waals surface area contributed by atoms with Crippen LogP contribution in [0.15, 0.2) is 22.6 Å². The van der Waals surface area contributed by atoms with Gasteiger partial charge >= 0.3 is 0 Å². The first-order valence-electron chi connectivity index (χ1n) is 7.71. The number of amides is 1. The zero-order valence-electron chi connectivity index (χ0n) is 12.4. The van der Waals surface area contributed by atoms with Crippen LogP contribution < -0.4 is 10.1 Å². The minimum atomic E-state index is -0.0776. The zero-order chi connectivity index (χ0) is 14.7. The third-order valence-electron chi connectivity index (χ3n) is 3.87. The number of carbonyl (C=O) groups excluding carboxylic acids is 1. The number of hydrogen-bond acceptors (Lipinski definition) is 3. The molecule has 2 aromatic rings. The summed E-state index contributed by atoms with van der Waals surface area (Å²) in [7, 11) is 0. The Kier molecular flexibility index (Phi) is 4.13. The lowest BCUT2D eigenvalue weighted by Crippen LogP contribution is -2.29. The van der Waals surface area contributed by atoms with Gasteiger partial charge in [0.1, 0.15) is 17.1 Å². The maximum absolute atomic E-state index is 11.6. The number of ether oxygens (including phenoxy) is 1. The van der Waals surface area contributed by atoms with E-state index in [0.717, 1.165) is 41.7 Å². The molecule has 1 aliphatic carbocycles. The number of aryl methyl sites for hydroxylation is 2. The quantitative estimate of drug-likeness (QED) is 0.918. The maximum atomic E-state index is 11.6. The van der Waals surface area contributed by atoms with Gasteiger partial charge in [0.15, 0.2) is 6.61 Å². The first-order valence-corrected chi connectivity index (χ1v) is 7.71. The topological polar surface area (TPSA) is 51.5 Å². The van der Waals surface area contributed by atoms with Crippen molar-refractivity contribution in [1.82, 2.24) is 5.32 Å². The third-order valence-corrected chi connectivity index (χ3v) is 3.87. The summed E-state index contributed by atoms with van der Waals surface area (Å²) in [6.45, 7) is 2.78. The van der Waals surface area contributed by atoms with Crippen molar-refractivity contribution in [2.45, 2.75) is 39.0 Å². The second-order valence-electron chi connectivity index (χ2n) is 5.51. The molecule has 21 heavy (non-hydrogen) atoms. The van der Waals surface area contributed by atoms with Crippen LogP contribution in [0.4, 0.5) is 0 Å². The summed E-state index contributed by atoms with van der Waals surface area (Å²) in [6, 6.07) is 5.80. The van der Waals surface area contributed by atoms with E-state index in [1.54, 1.807) is 0 Å².